The molecule has 0 bridgehead atoms. The van der Waals surface area contributed by atoms with Gasteiger partial charge >= 0.3 is 0 Å². The van der Waals surface area contributed by atoms with E-state index >= 15 is 0 Å². The van der Waals surface area contributed by atoms with Crippen LogP contribution < -0.4 is 10.1 Å². The summed E-state index contributed by atoms with van der Waals surface area (Å²) in [5, 5.41) is 3.49. The molecule has 0 saturated carbocycles. The van der Waals surface area contributed by atoms with Gasteiger partial charge < -0.3 is 15.0 Å². The van der Waals surface area contributed by atoms with E-state index in [0.717, 1.165) is 38.2 Å². The third-order valence-corrected chi connectivity index (χ3v) is 6.21. The first kappa shape index (κ1) is 22.0. The van der Waals surface area contributed by atoms with Gasteiger partial charge in [0.05, 0.1) is 13.2 Å². The van der Waals surface area contributed by atoms with Crippen LogP contribution in [0.2, 0.25) is 0 Å². The van der Waals surface area contributed by atoms with Crippen molar-refractivity contribution < 1.29 is 9.53 Å². The quantitative estimate of drug-likeness (QED) is 0.794. The van der Waals surface area contributed by atoms with E-state index in [1.807, 2.05) is 12.1 Å². The molecule has 2 fully saturated rings. The van der Waals surface area contributed by atoms with Crippen LogP contribution in [0.3, 0.4) is 0 Å². The lowest BCUT2D eigenvalue weighted by molar-refractivity contribution is -0.135. The molecular formula is C22H35ClN2O2. The zero-order valence-corrected chi connectivity index (χ0v) is 17.6. The molecule has 2 aliphatic rings. The van der Waals surface area contributed by atoms with Crippen molar-refractivity contribution in [2.45, 2.75) is 57.9 Å². The number of benzene rings is 1. The van der Waals surface area contributed by atoms with E-state index in [-0.39, 0.29) is 18.4 Å². The van der Waals surface area contributed by atoms with Crippen LogP contribution >= 0.6 is 12.4 Å². The second-order valence-corrected chi connectivity index (χ2v) is 8.01. The summed E-state index contributed by atoms with van der Waals surface area (Å²) >= 11 is 0. The highest BCUT2D eigenvalue weighted by Crippen LogP contribution is 2.33. The maximum absolute atomic E-state index is 13.2. The van der Waals surface area contributed by atoms with E-state index in [1.54, 1.807) is 7.11 Å². The Kier molecular flexibility index (Phi) is 8.91. The summed E-state index contributed by atoms with van der Waals surface area (Å²) in [6.07, 6.45) is 7.78. The molecule has 2 saturated heterocycles. The summed E-state index contributed by atoms with van der Waals surface area (Å²) in [6, 6.07) is 8.50. The SMILES string of the molecule is COc1ccc(C2CCCCCN2C(=O)CC(C)C2CCCNC2)cc1.Cl. The Morgan fingerprint density at radius 3 is 2.63 bits per heavy atom. The molecule has 152 valence electrons. The number of likely N-dealkylation sites (tertiary alicyclic amines) is 1. The zero-order valence-electron chi connectivity index (χ0n) is 16.8. The summed E-state index contributed by atoms with van der Waals surface area (Å²) in [5.41, 5.74) is 1.24. The van der Waals surface area contributed by atoms with Gasteiger partial charge in [-0.2, -0.15) is 0 Å². The van der Waals surface area contributed by atoms with E-state index < -0.39 is 0 Å². The van der Waals surface area contributed by atoms with Gasteiger partial charge in [-0.1, -0.05) is 31.9 Å². The van der Waals surface area contributed by atoms with Crippen molar-refractivity contribution in [1.82, 2.24) is 10.2 Å². The van der Waals surface area contributed by atoms with Crippen molar-refractivity contribution in [2.24, 2.45) is 11.8 Å². The van der Waals surface area contributed by atoms with E-state index in [1.165, 1.54) is 31.2 Å². The van der Waals surface area contributed by atoms with Crippen molar-refractivity contribution in [3.05, 3.63) is 29.8 Å². The normalized spacial score (nSPS) is 24.4. The highest BCUT2D eigenvalue weighted by molar-refractivity contribution is 5.85. The molecule has 0 aromatic heterocycles. The van der Waals surface area contributed by atoms with Crippen molar-refractivity contribution in [1.29, 1.82) is 0 Å². The fourth-order valence-corrected chi connectivity index (χ4v) is 4.50. The number of ether oxygens (including phenoxy) is 1. The van der Waals surface area contributed by atoms with Gasteiger partial charge in [-0.25, -0.2) is 0 Å². The monoisotopic (exact) mass is 394 g/mol. The molecule has 27 heavy (non-hydrogen) atoms. The average molecular weight is 395 g/mol. The summed E-state index contributed by atoms with van der Waals surface area (Å²) in [6.45, 7) is 5.35. The molecule has 1 aromatic carbocycles. The lowest BCUT2D eigenvalue weighted by Crippen LogP contribution is -2.38. The van der Waals surface area contributed by atoms with Crippen molar-refractivity contribution >= 4 is 18.3 Å². The number of hydrogen-bond acceptors (Lipinski definition) is 3. The third kappa shape index (κ3) is 5.86. The Hall–Kier alpha value is -1.26. The first-order valence-corrected chi connectivity index (χ1v) is 10.3. The minimum absolute atomic E-state index is 0. The number of amides is 1. The predicted octanol–water partition coefficient (Wildman–Crippen LogP) is 4.59. The van der Waals surface area contributed by atoms with Crippen LogP contribution in [0, 0.1) is 11.8 Å². The summed E-state index contributed by atoms with van der Waals surface area (Å²) in [5.74, 6) is 2.30. The Morgan fingerprint density at radius 2 is 1.96 bits per heavy atom. The number of piperidine rings is 1. The molecule has 1 aromatic rings. The van der Waals surface area contributed by atoms with Gasteiger partial charge in [0, 0.05) is 13.0 Å². The number of nitrogens with one attached hydrogen (secondary N) is 1. The Labute approximate surface area is 170 Å². The maximum Gasteiger partial charge on any atom is 0.223 e. The van der Waals surface area contributed by atoms with Gasteiger partial charge in [0.2, 0.25) is 5.91 Å². The number of methoxy groups -OCH3 is 1. The fourth-order valence-electron chi connectivity index (χ4n) is 4.50. The van der Waals surface area contributed by atoms with E-state index in [9.17, 15) is 4.79 Å². The first-order chi connectivity index (χ1) is 12.7. The standard InChI is InChI=1S/C22H34N2O2.ClH/c1-17(19-7-6-13-23-16-19)15-22(25)24-14-5-3-4-8-21(24)18-9-11-20(26-2)12-10-18;/h9-12,17,19,21,23H,3-8,13-16H2,1-2H3;1H. The number of carbonyl (C=O) groups excluding carboxylic acids is 1. The van der Waals surface area contributed by atoms with Crippen LogP contribution in [0.1, 0.15) is 63.5 Å². The number of rotatable bonds is 5. The Morgan fingerprint density at radius 1 is 1.19 bits per heavy atom. The molecule has 0 radical (unpaired) electrons. The minimum atomic E-state index is 0. The van der Waals surface area contributed by atoms with Gasteiger partial charge in [-0.05, 0) is 68.3 Å². The minimum Gasteiger partial charge on any atom is -0.497 e. The second kappa shape index (κ2) is 10.9. The largest absolute Gasteiger partial charge is 0.497 e. The molecule has 3 atom stereocenters. The molecule has 4 nitrogen and oxygen atoms in total. The molecule has 2 aliphatic heterocycles. The molecule has 5 heteroatoms. The maximum atomic E-state index is 13.2. The average Bonchev–Trinajstić information content (AvgIpc) is 2.95. The lowest BCUT2D eigenvalue weighted by Gasteiger charge is -2.34. The van der Waals surface area contributed by atoms with Gasteiger partial charge in [0.1, 0.15) is 5.75 Å². The third-order valence-electron chi connectivity index (χ3n) is 6.21. The number of carbonyl (C=O) groups is 1. The van der Waals surface area contributed by atoms with Gasteiger partial charge in [0.25, 0.3) is 0 Å². The van der Waals surface area contributed by atoms with Crippen LogP contribution in [0.15, 0.2) is 24.3 Å². The van der Waals surface area contributed by atoms with Crippen LogP contribution in [-0.4, -0.2) is 37.6 Å². The van der Waals surface area contributed by atoms with E-state index in [4.69, 9.17) is 4.74 Å². The smallest absolute Gasteiger partial charge is 0.223 e. The lowest BCUT2D eigenvalue weighted by atomic mass is 9.85. The second-order valence-electron chi connectivity index (χ2n) is 8.01. The van der Waals surface area contributed by atoms with Gasteiger partial charge in [-0.3, -0.25) is 4.79 Å². The summed E-state index contributed by atoms with van der Waals surface area (Å²) in [7, 11) is 1.69. The number of hydrogen-bond donors (Lipinski definition) is 1. The van der Waals surface area contributed by atoms with Crippen LogP contribution in [0.25, 0.3) is 0 Å². The van der Waals surface area contributed by atoms with Gasteiger partial charge in [-0.15, -0.1) is 12.4 Å². The van der Waals surface area contributed by atoms with Crippen LogP contribution in [-0.2, 0) is 4.79 Å². The van der Waals surface area contributed by atoms with Crippen LogP contribution in [0.4, 0.5) is 0 Å². The molecule has 1 N–H and O–H groups in total. The number of halogens is 1. The highest BCUT2D eigenvalue weighted by Gasteiger charge is 2.29. The molecule has 1 amide bonds. The Bertz CT molecular complexity index is 572. The number of nitrogens with zero attached hydrogens (tertiary/aromatic N) is 1. The predicted molar refractivity (Wildman–Crippen MR) is 113 cm³/mol. The van der Waals surface area contributed by atoms with E-state index in [0.29, 0.717) is 24.2 Å². The highest BCUT2D eigenvalue weighted by atomic mass is 35.5. The van der Waals surface area contributed by atoms with Crippen molar-refractivity contribution in [3.8, 4) is 5.75 Å². The first-order valence-electron chi connectivity index (χ1n) is 10.3. The topological polar surface area (TPSA) is 41.6 Å². The molecule has 0 aliphatic carbocycles. The summed E-state index contributed by atoms with van der Waals surface area (Å²) in [4.78, 5) is 15.4. The summed E-state index contributed by atoms with van der Waals surface area (Å²) < 4.78 is 5.29. The molecule has 3 rings (SSSR count). The van der Waals surface area contributed by atoms with Crippen molar-refractivity contribution in [3.63, 3.8) is 0 Å². The Balaban J connectivity index is 0.00000261. The van der Waals surface area contributed by atoms with Gasteiger partial charge in [0.15, 0.2) is 0 Å². The zero-order chi connectivity index (χ0) is 18.4. The molecular weight excluding hydrogens is 360 g/mol. The fraction of sp³-hybridized carbons (Fsp3) is 0.682. The molecule has 2 heterocycles. The molecule has 0 spiro atoms. The molecule has 3 unspecified atom stereocenters. The van der Waals surface area contributed by atoms with Crippen LogP contribution in [0.5, 0.6) is 5.75 Å². The van der Waals surface area contributed by atoms with E-state index in [2.05, 4.69) is 29.3 Å². The van der Waals surface area contributed by atoms with Crippen molar-refractivity contribution in [2.75, 3.05) is 26.7 Å².